The lowest BCUT2D eigenvalue weighted by Gasteiger charge is -2.13. The fourth-order valence-electron chi connectivity index (χ4n) is 2.30. The highest BCUT2D eigenvalue weighted by atomic mass is 16.6. The summed E-state index contributed by atoms with van der Waals surface area (Å²) in [6.07, 6.45) is 0. The Balaban J connectivity index is 0.000000222. The van der Waals surface area contributed by atoms with Gasteiger partial charge in [0.15, 0.2) is 5.75 Å². The number of non-ortho nitro benzene ring substituents is 1. The van der Waals surface area contributed by atoms with Crippen molar-refractivity contribution in [3.8, 4) is 5.75 Å². The van der Waals surface area contributed by atoms with Crippen molar-refractivity contribution in [1.29, 1.82) is 0 Å². The SMILES string of the molecule is CN(C)c1ccccc1N=Nc1ccccc1.O=[N+]([O-])c1ccc(O)c([N+](=O)[O-])c1. The first-order valence-corrected chi connectivity index (χ1v) is 8.64. The van der Waals surface area contributed by atoms with Gasteiger partial charge < -0.3 is 10.0 Å². The van der Waals surface area contributed by atoms with E-state index in [1.807, 2.05) is 73.6 Å². The van der Waals surface area contributed by atoms with Crippen LogP contribution in [0.1, 0.15) is 0 Å². The van der Waals surface area contributed by atoms with Gasteiger partial charge in [0.1, 0.15) is 5.69 Å². The highest BCUT2D eigenvalue weighted by Crippen LogP contribution is 2.29. The molecule has 3 aromatic rings. The zero-order valence-corrected chi connectivity index (χ0v) is 16.2. The number of nitro benzene ring substituents is 2. The molecule has 0 bridgehead atoms. The van der Waals surface area contributed by atoms with E-state index in [4.69, 9.17) is 5.11 Å². The largest absolute Gasteiger partial charge is 0.502 e. The van der Waals surface area contributed by atoms with E-state index >= 15 is 0 Å². The predicted molar refractivity (Wildman–Crippen MR) is 113 cm³/mol. The summed E-state index contributed by atoms with van der Waals surface area (Å²) >= 11 is 0. The van der Waals surface area contributed by atoms with E-state index in [2.05, 4.69) is 10.2 Å². The van der Waals surface area contributed by atoms with Crippen LogP contribution in [0.4, 0.5) is 28.4 Å². The maximum atomic E-state index is 10.2. The molecule has 0 amide bonds. The fourth-order valence-corrected chi connectivity index (χ4v) is 2.30. The highest BCUT2D eigenvalue weighted by Gasteiger charge is 2.18. The number of hydrogen-bond acceptors (Lipinski definition) is 8. The summed E-state index contributed by atoms with van der Waals surface area (Å²) in [6.45, 7) is 0. The molecule has 0 saturated heterocycles. The Bertz CT molecular complexity index is 1050. The van der Waals surface area contributed by atoms with Gasteiger partial charge >= 0.3 is 5.69 Å². The van der Waals surface area contributed by atoms with Crippen molar-refractivity contribution in [3.63, 3.8) is 0 Å². The molecule has 10 nitrogen and oxygen atoms in total. The number of phenolic OH excluding ortho intramolecular Hbond substituents is 1. The van der Waals surface area contributed by atoms with Crippen LogP contribution in [0.2, 0.25) is 0 Å². The third-order valence-corrected chi connectivity index (χ3v) is 3.76. The molecular weight excluding hydrogens is 390 g/mol. The summed E-state index contributed by atoms with van der Waals surface area (Å²) in [6, 6.07) is 20.3. The molecule has 10 heteroatoms. The number of anilines is 1. The van der Waals surface area contributed by atoms with Crippen LogP contribution >= 0.6 is 0 Å². The van der Waals surface area contributed by atoms with Gasteiger partial charge in [-0.2, -0.15) is 5.11 Å². The van der Waals surface area contributed by atoms with Crippen molar-refractivity contribution in [1.82, 2.24) is 0 Å². The van der Waals surface area contributed by atoms with E-state index in [9.17, 15) is 20.2 Å². The molecule has 0 aliphatic heterocycles. The molecule has 154 valence electrons. The predicted octanol–water partition coefficient (Wildman–Crippen LogP) is 5.38. The van der Waals surface area contributed by atoms with Crippen molar-refractivity contribution >= 4 is 28.4 Å². The Kier molecular flexibility index (Phi) is 7.52. The molecule has 3 aromatic carbocycles. The summed E-state index contributed by atoms with van der Waals surface area (Å²) in [5.41, 5.74) is 1.70. The van der Waals surface area contributed by atoms with Gasteiger partial charge in [-0.3, -0.25) is 20.2 Å². The van der Waals surface area contributed by atoms with Gasteiger partial charge in [0.05, 0.1) is 27.3 Å². The van der Waals surface area contributed by atoms with E-state index in [1.165, 1.54) is 0 Å². The highest BCUT2D eigenvalue weighted by molar-refractivity contribution is 5.65. The molecule has 0 unspecified atom stereocenters. The lowest BCUT2D eigenvalue weighted by atomic mass is 10.2. The van der Waals surface area contributed by atoms with E-state index in [-0.39, 0.29) is 0 Å². The molecule has 0 saturated carbocycles. The maximum Gasteiger partial charge on any atom is 0.317 e. The van der Waals surface area contributed by atoms with E-state index in [0.29, 0.717) is 6.07 Å². The average molecular weight is 409 g/mol. The standard InChI is InChI=1S/C14H15N3.C6H4N2O5/c1-17(2)14-11-7-6-10-13(14)16-15-12-8-4-3-5-9-12;9-6-2-1-4(7(10)11)3-5(6)8(12)13/h3-11H,1-2H3;1-3,9H. The molecule has 0 atom stereocenters. The Morgan fingerprint density at radius 3 is 2.07 bits per heavy atom. The van der Waals surface area contributed by atoms with E-state index in [1.54, 1.807) is 0 Å². The fraction of sp³-hybridized carbons (Fsp3) is 0.100. The zero-order valence-electron chi connectivity index (χ0n) is 16.2. The molecule has 0 radical (unpaired) electrons. The number of hydrogen-bond donors (Lipinski definition) is 1. The Labute approximate surface area is 172 Å². The first kappa shape index (κ1) is 22.0. The van der Waals surface area contributed by atoms with Gasteiger partial charge in [0, 0.05) is 20.2 Å². The number of para-hydroxylation sites is 1. The monoisotopic (exact) mass is 409 g/mol. The van der Waals surface area contributed by atoms with Crippen molar-refractivity contribution in [2.75, 3.05) is 19.0 Å². The van der Waals surface area contributed by atoms with Crippen LogP contribution in [0.15, 0.2) is 83.0 Å². The smallest absolute Gasteiger partial charge is 0.317 e. The van der Waals surface area contributed by atoms with Crippen molar-refractivity contribution in [3.05, 3.63) is 93.0 Å². The second-order valence-electron chi connectivity index (χ2n) is 6.11. The van der Waals surface area contributed by atoms with Gasteiger partial charge in [-0.05, 0) is 30.3 Å². The first-order valence-electron chi connectivity index (χ1n) is 8.64. The topological polar surface area (TPSA) is 134 Å². The van der Waals surface area contributed by atoms with Crippen LogP contribution in [0.3, 0.4) is 0 Å². The Hall–Kier alpha value is -4.34. The van der Waals surface area contributed by atoms with Crippen LogP contribution in [-0.2, 0) is 0 Å². The zero-order chi connectivity index (χ0) is 22.1. The minimum absolute atomic E-state index is 0.426. The Morgan fingerprint density at radius 1 is 0.833 bits per heavy atom. The van der Waals surface area contributed by atoms with Gasteiger partial charge in [-0.1, -0.05) is 30.3 Å². The maximum absolute atomic E-state index is 10.2. The minimum atomic E-state index is -0.887. The number of azo groups is 1. The number of phenols is 1. The quantitative estimate of drug-likeness (QED) is 0.342. The lowest BCUT2D eigenvalue weighted by Crippen LogP contribution is -2.08. The molecule has 0 spiro atoms. The number of benzene rings is 3. The summed E-state index contributed by atoms with van der Waals surface area (Å²) in [5.74, 6) is -0.587. The summed E-state index contributed by atoms with van der Waals surface area (Å²) in [5, 5.41) is 37.8. The normalized spacial score (nSPS) is 10.2. The molecule has 0 aliphatic carbocycles. The number of aromatic hydroxyl groups is 1. The van der Waals surface area contributed by atoms with Gasteiger partial charge in [0.2, 0.25) is 0 Å². The molecule has 0 heterocycles. The summed E-state index contributed by atoms with van der Waals surface area (Å²) in [4.78, 5) is 20.8. The van der Waals surface area contributed by atoms with Crippen LogP contribution < -0.4 is 4.90 Å². The van der Waals surface area contributed by atoms with E-state index in [0.717, 1.165) is 29.2 Å². The molecule has 1 N–H and O–H groups in total. The van der Waals surface area contributed by atoms with Gasteiger partial charge in [0.25, 0.3) is 5.69 Å². The average Bonchev–Trinajstić information content (AvgIpc) is 2.73. The first-order chi connectivity index (χ1) is 14.3. The number of nitrogens with zero attached hydrogens (tertiary/aromatic N) is 5. The third kappa shape index (κ3) is 6.09. The summed E-state index contributed by atoms with van der Waals surface area (Å²) < 4.78 is 0. The van der Waals surface area contributed by atoms with Crippen molar-refractivity contribution in [2.45, 2.75) is 0 Å². The minimum Gasteiger partial charge on any atom is -0.502 e. The number of nitro groups is 2. The van der Waals surface area contributed by atoms with Crippen molar-refractivity contribution < 1.29 is 15.0 Å². The van der Waals surface area contributed by atoms with Crippen LogP contribution in [0, 0.1) is 20.2 Å². The summed E-state index contributed by atoms with van der Waals surface area (Å²) in [7, 11) is 3.99. The van der Waals surface area contributed by atoms with Gasteiger partial charge in [-0.25, -0.2) is 0 Å². The molecular formula is C20H19N5O5. The molecule has 0 fully saturated rings. The lowest BCUT2D eigenvalue weighted by molar-refractivity contribution is -0.394. The Morgan fingerprint density at radius 2 is 1.47 bits per heavy atom. The number of rotatable bonds is 5. The second-order valence-corrected chi connectivity index (χ2v) is 6.11. The van der Waals surface area contributed by atoms with Crippen molar-refractivity contribution in [2.24, 2.45) is 10.2 Å². The molecule has 0 aromatic heterocycles. The van der Waals surface area contributed by atoms with Crippen LogP contribution in [0.25, 0.3) is 0 Å². The van der Waals surface area contributed by atoms with Gasteiger partial charge in [-0.15, -0.1) is 5.11 Å². The molecule has 0 aliphatic rings. The third-order valence-electron chi connectivity index (χ3n) is 3.76. The van der Waals surface area contributed by atoms with Crippen LogP contribution in [0.5, 0.6) is 5.75 Å². The molecule has 3 rings (SSSR count). The van der Waals surface area contributed by atoms with Crippen LogP contribution in [-0.4, -0.2) is 29.0 Å². The second kappa shape index (κ2) is 10.3. The van der Waals surface area contributed by atoms with E-state index < -0.39 is 27.0 Å². The molecule has 30 heavy (non-hydrogen) atoms.